The molecule has 0 aromatic carbocycles. The van der Waals surface area contributed by atoms with Crippen LogP contribution in [0.3, 0.4) is 0 Å². The van der Waals surface area contributed by atoms with Crippen molar-refractivity contribution in [2.75, 3.05) is 6.54 Å². The lowest BCUT2D eigenvalue weighted by Crippen LogP contribution is -2.32. The van der Waals surface area contributed by atoms with E-state index >= 15 is 0 Å². The third kappa shape index (κ3) is 1.74. The number of carbonyl (C=O) groups excluding carboxylic acids is 3. The zero-order chi connectivity index (χ0) is 8.43. The summed E-state index contributed by atoms with van der Waals surface area (Å²) in [5.74, 6) is -0.596. The van der Waals surface area contributed by atoms with E-state index in [4.69, 9.17) is 0 Å². The molecule has 1 rings (SSSR count). The van der Waals surface area contributed by atoms with Gasteiger partial charge in [0.05, 0.1) is 0 Å². The van der Waals surface area contributed by atoms with Crippen LogP contribution in [0.25, 0.3) is 0 Å². The highest BCUT2D eigenvalue weighted by Crippen LogP contribution is 2.11. The van der Waals surface area contributed by atoms with Gasteiger partial charge in [0.2, 0.25) is 16.9 Å². The van der Waals surface area contributed by atoms with E-state index in [1.165, 1.54) is 0 Å². The third-order valence-corrected chi connectivity index (χ3v) is 1.57. The van der Waals surface area contributed by atoms with Crippen LogP contribution in [0.2, 0.25) is 0 Å². The molecular formula is C6H6NO3S. The number of hydrogen-bond donors (Lipinski definition) is 0. The van der Waals surface area contributed by atoms with Crippen LogP contribution in [0.15, 0.2) is 0 Å². The van der Waals surface area contributed by atoms with Gasteiger partial charge in [-0.1, -0.05) is 0 Å². The Labute approximate surface area is 69.0 Å². The van der Waals surface area contributed by atoms with Gasteiger partial charge in [0.1, 0.15) is 6.54 Å². The number of rotatable bonds is 2. The van der Waals surface area contributed by atoms with E-state index in [0.717, 1.165) is 4.90 Å². The van der Waals surface area contributed by atoms with Crippen molar-refractivity contribution in [3.8, 4) is 0 Å². The zero-order valence-electron chi connectivity index (χ0n) is 5.70. The highest BCUT2D eigenvalue weighted by atomic mass is 32.1. The van der Waals surface area contributed by atoms with Gasteiger partial charge in [-0.15, -0.1) is 0 Å². The molecule has 5 heteroatoms. The molecule has 2 amide bonds. The number of likely N-dealkylation sites (tertiary alicyclic amines) is 1. The van der Waals surface area contributed by atoms with Gasteiger partial charge in [-0.2, -0.15) is 0 Å². The van der Waals surface area contributed by atoms with Crippen LogP contribution in [-0.4, -0.2) is 28.4 Å². The molecule has 0 aromatic heterocycles. The van der Waals surface area contributed by atoms with E-state index in [0.29, 0.717) is 0 Å². The minimum Gasteiger partial charge on any atom is -0.280 e. The Balaban J connectivity index is 2.62. The van der Waals surface area contributed by atoms with Gasteiger partial charge >= 0.3 is 0 Å². The van der Waals surface area contributed by atoms with E-state index in [9.17, 15) is 14.4 Å². The Bertz CT molecular complexity index is 210. The van der Waals surface area contributed by atoms with Crippen LogP contribution >= 0.6 is 12.6 Å². The fourth-order valence-corrected chi connectivity index (χ4v) is 1.06. The van der Waals surface area contributed by atoms with Gasteiger partial charge in [0.15, 0.2) is 0 Å². The molecule has 0 unspecified atom stereocenters. The van der Waals surface area contributed by atoms with Crippen molar-refractivity contribution in [1.29, 1.82) is 0 Å². The van der Waals surface area contributed by atoms with Crippen LogP contribution in [0, 0.1) is 0 Å². The molecule has 0 spiro atoms. The maximum Gasteiger partial charge on any atom is 0.238 e. The van der Waals surface area contributed by atoms with E-state index in [1.54, 1.807) is 0 Å². The predicted molar refractivity (Wildman–Crippen MR) is 38.6 cm³/mol. The third-order valence-electron chi connectivity index (χ3n) is 1.44. The number of hydrogen-bond acceptors (Lipinski definition) is 3. The van der Waals surface area contributed by atoms with Gasteiger partial charge in [0.25, 0.3) is 0 Å². The summed E-state index contributed by atoms with van der Waals surface area (Å²) >= 11 is 4.24. The highest BCUT2D eigenvalue weighted by Gasteiger charge is 2.29. The number of amides is 2. The fourth-order valence-electron chi connectivity index (χ4n) is 0.928. The van der Waals surface area contributed by atoms with Gasteiger partial charge in [-0.05, 0) is 12.6 Å². The summed E-state index contributed by atoms with van der Waals surface area (Å²) in [7, 11) is 0. The van der Waals surface area contributed by atoms with Crippen molar-refractivity contribution < 1.29 is 14.4 Å². The van der Waals surface area contributed by atoms with Crippen LogP contribution < -0.4 is 0 Å². The number of imide groups is 1. The quantitative estimate of drug-likeness (QED) is 0.545. The lowest BCUT2D eigenvalue weighted by atomic mass is 10.4. The molecule has 4 nitrogen and oxygen atoms in total. The Hall–Kier alpha value is -0.970. The molecule has 59 valence electrons. The normalized spacial score (nSPS) is 17.6. The van der Waals surface area contributed by atoms with Gasteiger partial charge in [-0.3, -0.25) is 19.3 Å². The van der Waals surface area contributed by atoms with Gasteiger partial charge in [-0.25, -0.2) is 0 Å². The molecule has 1 heterocycles. The first-order valence-electron chi connectivity index (χ1n) is 3.14. The number of nitrogens with zero attached hydrogens (tertiary/aromatic N) is 1. The van der Waals surface area contributed by atoms with Crippen molar-refractivity contribution >= 4 is 29.6 Å². The molecule has 0 bridgehead atoms. The maximum absolute atomic E-state index is 10.8. The van der Waals surface area contributed by atoms with E-state index < -0.39 is 5.12 Å². The van der Waals surface area contributed by atoms with Gasteiger partial charge in [0, 0.05) is 12.8 Å². The van der Waals surface area contributed by atoms with Crippen LogP contribution in [0.4, 0.5) is 0 Å². The molecule has 11 heavy (non-hydrogen) atoms. The summed E-state index contributed by atoms with van der Waals surface area (Å²) in [6.45, 7) is -0.243. The average Bonchev–Trinajstić information content (AvgIpc) is 2.18. The van der Waals surface area contributed by atoms with Crippen molar-refractivity contribution in [3.05, 3.63) is 0 Å². The van der Waals surface area contributed by atoms with Crippen LogP contribution in [0.5, 0.6) is 0 Å². The molecule has 1 fully saturated rings. The first-order valence-corrected chi connectivity index (χ1v) is 3.55. The summed E-state index contributed by atoms with van der Waals surface area (Å²) in [6, 6.07) is 0. The topological polar surface area (TPSA) is 54.5 Å². The average molecular weight is 172 g/mol. The standard InChI is InChI=1S/C6H6NO3S/c8-4-1-2-5(9)7(4)3-6(10)11/h1-3H2. The predicted octanol–water partition coefficient (Wildman–Crippen LogP) is -0.141. The number of carbonyl (C=O) groups is 3. The lowest BCUT2D eigenvalue weighted by molar-refractivity contribution is -0.140. The minimum atomic E-state index is -0.575. The monoisotopic (exact) mass is 172 g/mol. The zero-order valence-corrected chi connectivity index (χ0v) is 6.52. The summed E-state index contributed by atoms with van der Waals surface area (Å²) < 4.78 is 0. The first-order chi connectivity index (χ1) is 5.11. The van der Waals surface area contributed by atoms with E-state index in [2.05, 4.69) is 12.6 Å². The molecule has 0 saturated carbocycles. The van der Waals surface area contributed by atoms with Crippen molar-refractivity contribution in [1.82, 2.24) is 4.90 Å². The minimum absolute atomic E-state index is 0.210. The Morgan fingerprint density at radius 1 is 1.36 bits per heavy atom. The second kappa shape index (κ2) is 2.96. The van der Waals surface area contributed by atoms with Crippen molar-refractivity contribution in [2.45, 2.75) is 12.8 Å². The highest BCUT2D eigenvalue weighted by molar-refractivity contribution is 7.96. The molecular weight excluding hydrogens is 166 g/mol. The Morgan fingerprint density at radius 2 is 1.82 bits per heavy atom. The van der Waals surface area contributed by atoms with Gasteiger partial charge < -0.3 is 0 Å². The van der Waals surface area contributed by atoms with Crippen molar-refractivity contribution in [3.63, 3.8) is 0 Å². The maximum atomic E-state index is 10.8. The molecule has 1 aliphatic rings. The molecule has 0 aromatic rings. The Morgan fingerprint density at radius 3 is 2.18 bits per heavy atom. The van der Waals surface area contributed by atoms with E-state index in [1.807, 2.05) is 0 Å². The fraction of sp³-hybridized carbons (Fsp3) is 0.500. The molecule has 0 N–H and O–H groups in total. The molecule has 1 radical (unpaired) electrons. The summed E-state index contributed by atoms with van der Waals surface area (Å²) in [5.41, 5.74) is 0. The first kappa shape index (κ1) is 8.13. The second-order valence-corrected chi connectivity index (χ2v) is 2.70. The summed E-state index contributed by atoms with van der Waals surface area (Å²) in [5, 5.41) is -0.575. The molecule has 0 aliphatic carbocycles. The molecule has 1 saturated heterocycles. The molecule has 1 aliphatic heterocycles. The Kier molecular flexibility index (Phi) is 2.19. The van der Waals surface area contributed by atoms with Crippen molar-refractivity contribution in [2.24, 2.45) is 0 Å². The summed E-state index contributed by atoms with van der Waals surface area (Å²) in [6.07, 6.45) is 0.420. The smallest absolute Gasteiger partial charge is 0.238 e. The molecule has 0 atom stereocenters. The lowest BCUT2D eigenvalue weighted by Gasteiger charge is -2.08. The van der Waals surface area contributed by atoms with E-state index in [-0.39, 0.29) is 31.2 Å². The van der Waals surface area contributed by atoms with Crippen LogP contribution in [-0.2, 0) is 14.4 Å². The summed E-state index contributed by atoms with van der Waals surface area (Å²) in [4.78, 5) is 32.9. The SMILES string of the molecule is O=C([S])CN1C(=O)CCC1=O. The second-order valence-electron chi connectivity index (χ2n) is 2.25. The largest absolute Gasteiger partial charge is 0.280 e. The van der Waals surface area contributed by atoms with Crippen LogP contribution in [0.1, 0.15) is 12.8 Å².